The van der Waals surface area contributed by atoms with Crippen LogP contribution in [0, 0.1) is 6.92 Å². The Kier molecular flexibility index (Phi) is 3.06. The minimum Gasteiger partial charge on any atom is -0.380 e. The van der Waals surface area contributed by atoms with Gasteiger partial charge in [-0.15, -0.1) is 0 Å². The van der Waals surface area contributed by atoms with Gasteiger partial charge in [0.1, 0.15) is 0 Å². The van der Waals surface area contributed by atoms with Gasteiger partial charge in [-0.25, -0.2) is 0 Å². The lowest BCUT2D eigenvalue weighted by Gasteiger charge is -2.14. The fourth-order valence-electron chi connectivity index (χ4n) is 1.88. The first-order chi connectivity index (χ1) is 7.56. The number of carbonyl (C=O) groups excluding carboxylic acids is 1. The number of likely N-dealkylation sites (tertiary alicyclic amines) is 1. The largest absolute Gasteiger partial charge is 0.380 e. The van der Waals surface area contributed by atoms with Gasteiger partial charge in [0.05, 0.1) is 6.04 Å². The third kappa shape index (κ3) is 2.30. The summed E-state index contributed by atoms with van der Waals surface area (Å²) in [6, 6.07) is 6.06. The van der Waals surface area contributed by atoms with Crippen molar-refractivity contribution in [1.29, 1.82) is 0 Å². The quantitative estimate of drug-likeness (QED) is 0.858. The molecule has 1 heterocycles. The fourth-order valence-corrected chi connectivity index (χ4v) is 2.06. The van der Waals surface area contributed by atoms with Crippen LogP contribution in [-0.4, -0.2) is 30.4 Å². The summed E-state index contributed by atoms with van der Waals surface area (Å²) in [5.41, 5.74) is 2.04. The number of amides is 1. The Morgan fingerprint density at radius 3 is 2.81 bits per heavy atom. The van der Waals surface area contributed by atoms with Gasteiger partial charge < -0.3 is 10.2 Å². The second kappa shape index (κ2) is 4.34. The van der Waals surface area contributed by atoms with Crippen molar-refractivity contribution in [1.82, 2.24) is 4.90 Å². The number of hydrogen-bond acceptors (Lipinski definition) is 2. The van der Waals surface area contributed by atoms with Crippen LogP contribution in [0.2, 0.25) is 5.02 Å². The van der Waals surface area contributed by atoms with Gasteiger partial charge in [0.2, 0.25) is 5.91 Å². The molecule has 2 rings (SSSR count). The zero-order valence-electron chi connectivity index (χ0n) is 9.46. The third-order valence-corrected chi connectivity index (χ3v) is 3.29. The highest BCUT2D eigenvalue weighted by Crippen LogP contribution is 2.22. The number of nitrogens with zero attached hydrogens (tertiary/aromatic N) is 1. The topological polar surface area (TPSA) is 32.3 Å². The summed E-state index contributed by atoms with van der Waals surface area (Å²) in [4.78, 5) is 13.1. The molecule has 86 valence electrons. The Morgan fingerprint density at radius 2 is 2.25 bits per heavy atom. The SMILES string of the molecule is Cc1ccc(NC2CC(=O)N(C)C2)cc1Cl. The highest BCUT2D eigenvalue weighted by molar-refractivity contribution is 6.31. The van der Waals surface area contributed by atoms with Crippen molar-refractivity contribution in [3.05, 3.63) is 28.8 Å². The maximum atomic E-state index is 11.4. The zero-order valence-corrected chi connectivity index (χ0v) is 10.2. The lowest BCUT2D eigenvalue weighted by Crippen LogP contribution is -2.24. The molecule has 1 saturated heterocycles. The van der Waals surface area contributed by atoms with Gasteiger partial charge in [0, 0.05) is 30.7 Å². The number of halogens is 1. The van der Waals surface area contributed by atoms with E-state index in [1.165, 1.54) is 0 Å². The summed E-state index contributed by atoms with van der Waals surface area (Å²) < 4.78 is 0. The molecule has 0 saturated carbocycles. The van der Waals surface area contributed by atoms with Crippen LogP contribution in [0.25, 0.3) is 0 Å². The molecule has 1 atom stereocenters. The van der Waals surface area contributed by atoms with Crippen LogP contribution in [0.4, 0.5) is 5.69 Å². The van der Waals surface area contributed by atoms with Crippen LogP contribution in [0.15, 0.2) is 18.2 Å². The van der Waals surface area contributed by atoms with Crippen LogP contribution < -0.4 is 5.32 Å². The maximum Gasteiger partial charge on any atom is 0.224 e. The van der Waals surface area contributed by atoms with Crippen molar-refractivity contribution >= 4 is 23.2 Å². The van der Waals surface area contributed by atoms with Crippen LogP contribution >= 0.6 is 11.6 Å². The van der Waals surface area contributed by atoms with E-state index in [-0.39, 0.29) is 11.9 Å². The van der Waals surface area contributed by atoms with E-state index in [4.69, 9.17) is 11.6 Å². The van der Waals surface area contributed by atoms with Gasteiger partial charge in [-0.2, -0.15) is 0 Å². The van der Waals surface area contributed by atoms with Crippen molar-refractivity contribution in [2.24, 2.45) is 0 Å². The normalized spacial score (nSPS) is 20.3. The molecule has 0 aromatic heterocycles. The highest BCUT2D eigenvalue weighted by atomic mass is 35.5. The Balaban J connectivity index is 2.05. The summed E-state index contributed by atoms with van der Waals surface area (Å²) in [6.45, 7) is 2.73. The molecule has 16 heavy (non-hydrogen) atoms. The van der Waals surface area contributed by atoms with Gasteiger partial charge in [-0.3, -0.25) is 4.79 Å². The molecule has 0 bridgehead atoms. The van der Waals surface area contributed by atoms with Crippen molar-refractivity contribution in [3.63, 3.8) is 0 Å². The summed E-state index contributed by atoms with van der Waals surface area (Å²) >= 11 is 6.04. The number of anilines is 1. The van der Waals surface area contributed by atoms with Gasteiger partial charge in [-0.05, 0) is 24.6 Å². The summed E-state index contributed by atoms with van der Waals surface area (Å²) in [6.07, 6.45) is 0.558. The van der Waals surface area contributed by atoms with Crippen LogP contribution in [-0.2, 0) is 4.79 Å². The predicted molar refractivity (Wildman–Crippen MR) is 65.9 cm³/mol. The smallest absolute Gasteiger partial charge is 0.224 e. The minimum absolute atomic E-state index is 0.190. The second-order valence-corrected chi connectivity index (χ2v) is 4.69. The van der Waals surface area contributed by atoms with E-state index in [0.29, 0.717) is 6.42 Å². The van der Waals surface area contributed by atoms with Crippen molar-refractivity contribution in [2.45, 2.75) is 19.4 Å². The third-order valence-electron chi connectivity index (χ3n) is 2.88. The number of aryl methyl sites for hydroxylation is 1. The molecule has 1 unspecified atom stereocenters. The van der Waals surface area contributed by atoms with E-state index in [9.17, 15) is 4.79 Å². The zero-order chi connectivity index (χ0) is 11.7. The lowest BCUT2D eigenvalue weighted by molar-refractivity contribution is -0.126. The van der Waals surface area contributed by atoms with E-state index in [1.54, 1.807) is 4.90 Å². The number of nitrogens with one attached hydrogen (secondary N) is 1. The monoisotopic (exact) mass is 238 g/mol. The molecule has 1 aromatic rings. The average Bonchev–Trinajstić information content (AvgIpc) is 2.52. The molecule has 1 aliphatic heterocycles. The first-order valence-electron chi connectivity index (χ1n) is 5.33. The van der Waals surface area contributed by atoms with Gasteiger partial charge >= 0.3 is 0 Å². The van der Waals surface area contributed by atoms with Crippen molar-refractivity contribution in [2.75, 3.05) is 18.9 Å². The standard InChI is InChI=1S/C12H15ClN2O/c1-8-3-4-9(5-11(8)13)14-10-6-12(16)15(2)7-10/h3-5,10,14H,6-7H2,1-2H3. The summed E-state index contributed by atoms with van der Waals surface area (Å²) in [5.74, 6) is 0.190. The highest BCUT2D eigenvalue weighted by Gasteiger charge is 2.26. The van der Waals surface area contributed by atoms with E-state index >= 15 is 0 Å². The number of rotatable bonds is 2. The van der Waals surface area contributed by atoms with E-state index < -0.39 is 0 Å². The molecule has 1 fully saturated rings. The molecular formula is C12H15ClN2O. The summed E-state index contributed by atoms with van der Waals surface area (Å²) in [7, 11) is 1.83. The van der Waals surface area contributed by atoms with Crippen molar-refractivity contribution in [3.8, 4) is 0 Å². The second-order valence-electron chi connectivity index (χ2n) is 4.28. The van der Waals surface area contributed by atoms with E-state index in [0.717, 1.165) is 22.8 Å². The van der Waals surface area contributed by atoms with E-state index in [1.807, 2.05) is 32.2 Å². The molecular weight excluding hydrogens is 224 g/mol. The molecule has 3 nitrogen and oxygen atoms in total. The maximum absolute atomic E-state index is 11.4. The summed E-state index contributed by atoms with van der Waals surface area (Å²) in [5, 5.41) is 4.08. The average molecular weight is 239 g/mol. The molecule has 0 radical (unpaired) electrons. The molecule has 4 heteroatoms. The molecule has 0 spiro atoms. The minimum atomic E-state index is 0.190. The fraction of sp³-hybridized carbons (Fsp3) is 0.417. The Hall–Kier alpha value is -1.22. The Labute approximate surface area is 100 Å². The van der Waals surface area contributed by atoms with Gasteiger partial charge in [0.25, 0.3) is 0 Å². The first-order valence-corrected chi connectivity index (χ1v) is 5.70. The van der Waals surface area contributed by atoms with Crippen LogP contribution in [0.1, 0.15) is 12.0 Å². The van der Waals surface area contributed by atoms with Crippen LogP contribution in [0.5, 0.6) is 0 Å². The molecule has 1 N–H and O–H groups in total. The number of hydrogen-bond donors (Lipinski definition) is 1. The number of carbonyl (C=O) groups is 1. The van der Waals surface area contributed by atoms with Gasteiger partial charge in [-0.1, -0.05) is 17.7 Å². The lowest BCUT2D eigenvalue weighted by atomic mass is 10.2. The van der Waals surface area contributed by atoms with Gasteiger partial charge in [0.15, 0.2) is 0 Å². The molecule has 1 aromatic carbocycles. The van der Waals surface area contributed by atoms with Crippen molar-refractivity contribution < 1.29 is 4.79 Å². The Bertz CT molecular complexity index is 419. The first kappa shape index (κ1) is 11.3. The van der Waals surface area contributed by atoms with Crippen LogP contribution in [0.3, 0.4) is 0 Å². The molecule has 1 amide bonds. The molecule has 1 aliphatic rings. The van der Waals surface area contributed by atoms with E-state index in [2.05, 4.69) is 5.32 Å². The Morgan fingerprint density at radius 1 is 1.50 bits per heavy atom. The molecule has 0 aliphatic carbocycles. The number of benzene rings is 1. The predicted octanol–water partition coefficient (Wildman–Crippen LogP) is 2.29. The number of likely N-dealkylation sites (N-methyl/N-ethyl adjacent to an activating group) is 1.